The number of halogens is 1. The molecule has 0 saturated heterocycles. The number of aromatic nitrogens is 2. The van der Waals surface area contributed by atoms with Crippen molar-refractivity contribution in [3.63, 3.8) is 0 Å². The molecule has 1 aromatic carbocycles. The predicted molar refractivity (Wildman–Crippen MR) is 111 cm³/mol. The molecule has 0 aliphatic rings. The lowest BCUT2D eigenvalue weighted by atomic mass is 10.1. The average Bonchev–Trinajstić information content (AvgIpc) is 3.28. The Bertz CT molecular complexity index is 899. The number of thiazole rings is 1. The second-order valence-corrected chi connectivity index (χ2v) is 7.46. The Balaban J connectivity index is 1.53. The number of hydrogen-bond acceptors (Lipinski definition) is 3. The van der Waals surface area contributed by atoms with Crippen LogP contribution in [0.4, 0.5) is 4.39 Å². The molecule has 0 unspecified atom stereocenters. The molecule has 0 bridgehead atoms. The van der Waals surface area contributed by atoms with Crippen molar-refractivity contribution in [1.82, 2.24) is 20.6 Å². The van der Waals surface area contributed by atoms with Crippen LogP contribution < -0.4 is 10.6 Å². The number of guanidine groups is 1. The molecular formula is C20H26FN5S. The minimum atomic E-state index is -0.209. The quantitative estimate of drug-likeness (QED) is 0.408. The average molecular weight is 388 g/mol. The number of rotatable bonds is 8. The Morgan fingerprint density at radius 3 is 2.93 bits per heavy atom. The van der Waals surface area contributed by atoms with E-state index >= 15 is 0 Å². The van der Waals surface area contributed by atoms with Gasteiger partial charge < -0.3 is 15.6 Å². The molecule has 3 N–H and O–H groups in total. The first kappa shape index (κ1) is 19.4. The van der Waals surface area contributed by atoms with Crippen LogP contribution in [0, 0.1) is 5.82 Å². The zero-order chi connectivity index (χ0) is 19.1. The van der Waals surface area contributed by atoms with Gasteiger partial charge in [0.2, 0.25) is 0 Å². The second kappa shape index (κ2) is 9.50. The monoisotopic (exact) mass is 387 g/mol. The Morgan fingerprint density at radius 2 is 2.15 bits per heavy atom. The van der Waals surface area contributed by atoms with E-state index in [-0.39, 0.29) is 5.82 Å². The number of hydrogen-bond donors (Lipinski definition) is 3. The summed E-state index contributed by atoms with van der Waals surface area (Å²) in [5.41, 5.74) is 2.06. The molecule has 0 spiro atoms. The summed E-state index contributed by atoms with van der Waals surface area (Å²) in [6, 6.07) is 4.83. The van der Waals surface area contributed by atoms with E-state index in [9.17, 15) is 4.39 Å². The van der Waals surface area contributed by atoms with Gasteiger partial charge in [-0.25, -0.2) is 9.37 Å². The summed E-state index contributed by atoms with van der Waals surface area (Å²) >= 11 is 1.76. The summed E-state index contributed by atoms with van der Waals surface area (Å²) in [4.78, 5) is 13.6. The van der Waals surface area contributed by atoms with E-state index in [1.165, 1.54) is 10.9 Å². The fourth-order valence-electron chi connectivity index (χ4n) is 2.91. The van der Waals surface area contributed by atoms with E-state index in [0.29, 0.717) is 6.54 Å². The molecule has 0 fully saturated rings. The fraction of sp³-hybridized carbons (Fsp3) is 0.400. The van der Waals surface area contributed by atoms with Crippen molar-refractivity contribution >= 4 is 28.2 Å². The predicted octanol–water partition coefficient (Wildman–Crippen LogP) is 3.67. The van der Waals surface area contributed by atoms with Crippen molar-refractivity contribution in [2.45, 2.75) is 33.1 Å². The van der Waals surface area contributed by atoms with Crippen molar-refractivity contribution in [3.05, 3.63) is 51.9 Å². The van der Waals surface area contributed by atoms with Gasteiger partial charge in [-0.1, -0.05) is 6.92 Å². The van der Waals surface area contributed by atoms with Crippen LogP contribution in [-0.4, -0.2) is 35.6 Å². The van der Waals surface area contributed by atoms with Crippen molar-refractivity contribution in [1.29, 1.82) is 0 Å². The van der Waals surface area contributed by atoms with Gasteiger partial charge in [0.25, 0.3) is 0 Å². The third-order valence-corrected chi connectivity index (χ3v) is 5.51. The highest BCUT2D eigenvalue weighted by Crippen LogP contribution is 2.19. The molecule has 3 rings (SSSR count). The van der Waals surface area contributed by atoms with Crippen molar-refractivity contribution < 1.29 is 4.39 Å². The van der Waals surface area contributed by atoms with Crippen LogP contribution in [0.15, 0.2) is 35.6 Å². The minimum absolute atomic E-state index is 0.209. The van der Waals surface area contributed by atoms with Crippen molar-refractivity contribution in [2.24, 2.45) is 4.99 Å². The van der Waals surface area contributed by atoms with Gasteiger partial charge in [-0.3, -0.25) is 4.99 Å². The molecule has 0 radical (unpaired) electrons. The summed E-state index contributed by atoms with van der Waals surface area (Å²) in [7, 11) is 0. The zero-order valence-electron chi connectivity index (χ0n) is 15.8. The van der Waals surface area contributed by atoms with Gasteiger partial charge in [-0.2, -0.15) is 0 Å². The second-order valence-electron chi connectivity index (χ2n) is 6.27. The first-order valence-corrected chi connectivity index (χ1v) is 10.2. The maximum Gasteiger partial charge on any atom is 0.191 e. The highest BCUT2D eigenvalue weighted by atomic mass is 32.1. The van der Waals surface area contributed by atoms with E-state index in [0.717, 1.165) is 59.8 Å². The zero-order valence-corrected chi connectivity index (χ0v) is 16.6. The van der Waals surface area contributed by atoms with Crippen LogP contribution in [0.5, 0.6) is 0 Å². The van der Waals surface area contributed by atoms with Gasteiger partial charge >= 0.3 is 0 Å². The Labute approximate surface area is 163 Å². The number of H-pyrrole nitrogens is 1. The number of aliphatic imine (C=N–C) groups is 1. The highest BCUT2D eigenvalue weighted by Gasteiger charge is 2.06. The number of aromatic amines is 1. The van der Waals surface area contributed by atoms with Crippen molar-refractivity contribution in [2.75, 3.05) is 19.6 Å². The van der Waals surface area contributed by atoms with Crippen LogP contribution >= 0.6 is 11.3 Å². The molecule has 144 valence electrons. The van der Waals surface area contributed by atoms with Gasteiger partial charge in [-0.05, 0) is 43.5 Å². The van der Waals surface area contributed by atoms with Gasteiger partial charge in [0.1, 0.15) is 5.82 Å². The molecule has 2 aromatic heterocycles. The molecule has 0 atom stereocenters. The number of benzene rings is 1. The Hall–Kier alpha value is -2.41. The van der Waals surface area contributed by atoms with Gasteiger partial charge in [0, 0.05) is 54.2 Å². The lowest BCUT2D eigenvalue weighted by molar-refractivity contribution is 0.629. The lowest BCUT2D eigenvalue weighted by Gasteiger charge is -2.11. The molecule has 2 heterocycles. The van der Waals surface area contributed by atoms with Crippen LogP contribution in [0.3, 0.4) is 0 Å². The smallest absolute Gasteiger partial charge is 0.191 e. The SMILES string of the molecule is CCNC(=NCCc1ncc(CC)s1)NCCc1c[nH]c2ccc(F)cc12. The topological polar surface area (TPSA) is 65.1 Å². The molecule has 0 amide bonds. The van der Waals surface area contributed by atoms with Crippen molar-refractivity contribution in [3.8, 4) is 0 Å². The number of nitrogens with one attached hydrogen (secondary N) is 3. The van der Waals surface area contributed by atoms with Crippen LogP contribution in [-0.2, 0) is 19.3 Å². The van der Waals surface area contributed by atoms with Crippen LogP contribution in [0.25, 0.3) is 10.9 Å². The number of nitrogens with zero attached hydrogens (tertiary/aromatic N) is 2. The summed E-state index contributed by atoms with van der Waals surface area (Å²) in [6.45, 7) is 6.43. The first-order chi connectivity index (χ1) is 13.2. The van der Waals surface area contributed by atoms with E-state index < -0.39 is 0 Å². The van der Waals surface area contributed by atoms with E-state index in [1.54, 1.807) is 23.5 Å². The summed E-state index contributed by atoms with van der Waals surface area (Å²) in [6.07, 6.45) is 6.58. The lowest BCUT2D eigenvalue weighted by Crippen LogP contribution is -2.38. The Kier molecular flexibility index (Phi) is 6.81. The summed E-state index contributed by atoms with van der Waals surface area (Å²) < 4.78 is 13.5. The third kappa shape index (κ3) is 5.29. The molecular weight excluding hydrogens is 361 g/mol. The molecule has 0 aliphatic heterocycles. The van der Waals surface area contributed by atoms with E-state index in [2.05, 4.69) is 32.5 Å². The Morgan fingerprint density at radius 1 is 1.26 bits per heavy atom. The molecule has 0 aliphatic carbocycles. The maximum atomic E-state index is 13.5. The largest absolute Gasteiger partial charge is 0.361 e. The van der Waals surface area contributed by atoms with Gasteiger partial charge in [0.05, 0.1) is 5.01 Å². The normalized spacial score (nSPS) is 11.9. The standard InChI is InChI=1S/C20H26FN5S/c1-3-16-13-26-19(27-16)8-10-24-20(22-4-2)23-9-7-14-12-25-18-6-5-15(21)11-17(14)18/h5-6,11-13,25H,3-4,7-10H2,1-2H3,(H2,22,23,24). The maximum absolute atomic E-state index is 13.5. The molecule has 27 heavy (non-hydrogen) atoms. The first-order valence-electron chi connectivity index (χ1n) is 9.40. The van der Waals surface area contributed by atoms with E-state index in [1.807, 2.05) is 19.3 Å². The van der Waals surface area contributed by atoms with E-state index in [4.69, 9.17) is 0 Å². The molecule has 7 heteroatoms. The fourth-order valence-corrected chi connectivity index (χ4v) is 3.76. The molecule has 3 aromatic rings. The molecule has 5 nitrogen and oxygen atoms in total. The number of aryl methyl sites for hydroxylation is 1. The minimum Gasteiger partial charge on any atom is -0.361 e. The van der Waals surface area contributed by atoms with Crippen LogP contribution in [0.2, 0.25) is 0 Å². The third-order valence-electron chi connectivity index (χ3n) is 4.31. The van der Waals surface area contributed by atoms with Gasteiger partial charge in [-0.15, -0.1) is 11.3 Å². The van der Waals surface area contributed by atoms with Gasteiger partial charge in [0.15, 0.2) is 5.96 Å². The van der Waals surface area contributed by atoms with Crippen LogP contribution in [0.1, 0.15) is 29.3 Å². The summed E-state index contributed by atoms with van der Waals surface area (Å²) in [5.74, 6) is 0.593. The summed E-state index contributed by atoms with van der Waals surface area (Å²) in [5, 5.41) is 8.69. The molecule has 0 saturated carbocycles. The highest BCUT2D eigenvalue weighted by molar-refractivity contribution is 7.11. The number of fused-ring (bicyclic) bond motifs is 1.